The second kappa shape index (κ2) is 6.14. The molecule has 4 atom stereocenters. The predicted molar refractivity (Wildman–Crippen MR) is 82.4 cm³/mol. The molecule has 124 valence electrons. The number of nitrogens with zero attached hydrogens (tertiary/aromatic N) is 3. The molecule has 2 heterocycles. The Balaban J connectivity index is 1.79. The summed E-state index contributed by atoms with van der Waals surface area (Å²) >= 11 is 0. The number of H-pyrrole nitrogens is 1. The molecule has 7 nitrogen and oxygen atoms in total. The van der Waals surface area contributed by atoms with E-state index < -0.39 is 0 Å². The summed E-state index contributed by atoms with van der Waals surface area (Å²) < 4.78 is 5.24. The number of aromatic amines is 1. The van der Waals surface area contributed by atoms with E-state index >= 15 is 0 Å². The van der Waals surface area contributed by atoms with Crippen molar-refractivity contribution in [2.45, 2.75) is 20.8 Å². The van der Waals surface area contributed by atoms with Gasteiger partial charge in [0.15, 0.2) is 5.69 Å². The predicted octanol–water partition coefficient (Wildman–Crippen LogP) is 1.19. The van der Waals surface area contributed by atoms with Crippen LogP contribution < -0.4 is 0 Å². The van der Waals surface area contributed by atoms with Crippen LogP contribution in [-0.4, -0.2) is 51.9 Å². The maximum Gasteiger partial charge on any atom is 0.309 e. The average Bonchev–Trinajstić information content (AvgIpc) is 3.12. The quantitative estimate of drug-likeness (QED) is 0.668. The minimum Gasteiger partial charge on any atom is -0.466 e. The lowest BCUT2D eigenvalue weighted by molar-refractivity contribution is -0.152. The van der Waals surface area contributed by atoms with Crippen LogP contribution in [0.1, 0.15) is 30.0 Å². The highest BCUT2D eigenvalue weighted by atomic mass is 16.5. The molecule has 0 unspecified atom stereocenters. The zero-order chi connectivity index (χ0) is 16.6. The van der Waals surface area contributed by atoms with Gasteiger partial charge in [-0.15, -0.1) is 0 Å². The number of allylic oxidation sites excluding steroid dienone is 1. The van der Waals surface area contributed by atoms with Crippen LogP contribution >= 0.6 is 0 Å². The zero-order valence-electron chi connectivity index (χ0n) is 13.7. The number of aryl methyl sites for hydroxylation is 1. The maximum atomic E-state index is 12.6. The number of esters is 1. The van der Waals surface area contributed by atoms with Crippen molar-refractivity contribution in [1.82, 2.24) is 20.3 Å². The van der Waals surface area contributed by atoms with E-state index in [-0.39, 0.29) is 35.5 Å². The maximum absolute atomic E-state index is 12.6. The monoisotopic (exact) mass is 318 g/mol. The van der Waals surface area contributed by atoms with Crippen molar-refractivity contribution in [3.63, 3.8) is 0 Å². The molecule has 7 heteroatoms. The van der Waals surface area contributed by atoms with Crippen LogP contribution in [0, 0.1) is 30.6 Å². The van der Waals surface area contributed by atoms with E-state index in [4.69, 9.17) is 4.74 Å². The molecule has 0 bridgehead atoms. The molecule has 1 aliphatic carbocycles. The molecule has 2 aliphatic rings. The van der Waals surface area contributed by atoms with Gasteiger partial charge in [-0.3, -0.25) is 9.59 Å². The summed E-state index contributed by atoms with van der Waals surface area (Å²) in [6.07, 6.45) is 4.20. The highest BCUT2D eigenvalue weighted by Crippen LogP contribution is 2.40. The van der Waals surface area contributed by atoms with Crippen molar-refractivity contribution < 1.29 is 14.3 Å². The summed E-state index contributed by atoms with van der Waals surface area (Å²) in [6, 6.07) is 0. The van der Waals surface area contributed by atoms with Gasteiger partial charge >= 0.3 is 5.97 Å². The van der Waals surface area contributed by atoms with Gasteiger partial charge in [0.1, 0.15) is 0 Å². The van der Waals surface area contributed by atoms with Crippen LogP contribution in [0.5, 0.6) is 0 Å². The number of amides is 1. The minimum atomic E-state index is -0.193. The van der Waals surface area contributed by atoms with Crippen molar-refractivity contribution >= 4 is 11.9 Å². The third kappa shape index (κ3) is 2.75. The first-order valence-electron chi connectivity index (χ1n) is 8.04. The highest BCUT2D eigenvalue weighted by molar-refractivity contribution is 5.93. The Bertz CT molecular complexity index is 639. The zero-order valence-corrected chi connectivity index (χ0v) is 13.7. The van der Waals surface area contributed by atoms with Gasteiger partial charge in [-0.2, -0.15) is 15.4 Å². The fourth-order valence-electron chi connectivity index (χ4n) is 3.70. The van der Waals surface area contributed by atoms with Crippen molar-refractivity contribution in [2.75, 3.05) is 19.7 Å². The Labute approximate surface area is 135 Å². The number of fused-ring (bicyclic) bond motifs is 1. The molecule has 3 rings (SSSR count). The molecular formula is C16H22N4O3. The molecule has 0 aromatic carbocycles. The molecule has 1 saturated heterocycles. The molecule has 0 radical (unpaired) electrons. The first kappa shape index (κ1) is 15.7. The van der Waals surface area contributed by atoms with E-state index in [1.807, 2.05) is 13.8 Å². The number of hydrogen-bond donors (Lipinski definition) is 1. The SMILES string of the molecule is CCOC(=O)[C@@H]1[C@H]2CN(C(=O)c3n[nH]nc3C)C[C@@H]2C=C[C@@H]1C. The van der Waals surface area contributed by atoms with Crippen LogP contribution in [0.3, 0.4) is 0 Å². The third-order valence-electron chi connectivity index (χ3n) is 4.87. The van der Waals surface area contributed by atoms with Gasteiger partial charge in [0.05, 0.1) is 18.2 Å². The summed E-state index contributed by atoms with van der Waals surface area (Å²) in [7, 11) is 0. The van der Waals surface area contributed by atoms with E-state index in [0.29, 0.717) is 31.1 Å². The van der Waals surface area contributed by atoms with Crippen molar-refractivity contribution in [3.8, 4) is 0 Å². The van der Waals surface area contributed by atoms with E-state index in [0.717, 1.165) is 0 Å². The number of ether oxygens (including phenoxy) is 1. The van der Waals surface area contributed by atoms with Gasteiger partial charge in [-0.1, -0.05) is 19.1 Å². The Kier molecular flexibility index (Phi) is 4.19. The second-order valence-electron chi connectivity index (χ2n) is 6.32. The van der Waals surface area contributed by atoms with Gasteiger partial charge in [0.2, 0.25) is 0 Å². The first-order chi connectivity index (χ1) is 11.0. The van der Waals surface area contributed by atoms with Gasteiger partial charge in [0.25, 0.3) is 5.91 Å². The Morgan fingerprint density at radius 1 is 1.35 bits per heavy atom. The van der Waals surface area contributed by atoms with E-state index in [2.05, 4.69) is 27.6 Å². The van der Waals surface area contributed by atoms with Crippen LogP contribution in [0.4, 0.5) is 0 Å². The Hall–Kier alpha value is -2.18. The van der Waals surface area contributed by atoms with E-state index in [1.165, 1.54) is 0 Å². The summed E-state index contributed by atoms with van der Waals surface area (Å²) in [5.74, 6) is -0.0668. The van der Waals surface area contributed by atoms with Gasteiger partial charge in [-0.05, 0) is 31.6 Å². The van der Waals surface area contributed by atoms with E-state index in [9.17, 15) is 9.59 Å². The lowest BCUT2D eigenvalue weighted by atomic mass is 9.72. The normalized spacial score (nSPS) is 29.4. The number of nitrogens with one attached hydrogen (secondary N) is 1. The summed E-state index contributed by atoms with van der Waals surface area (Å²) in [6.45, 7) is 7.13. The van der Waals surface area contributed by atoms with Gasteiger partial charge in [0, 0.05) is 13.1 Å². The number of hydrogen-bond acceptors (Lipinski definition) is 5. The molecule has 0 spiro atoms. The largest absolute Gasteiger partial charge is 0.466 e. The van der Waals surface area contributed by atoms with Gasteiger partial charge < -0.3 is 9.64 Å². The van der Waals surface area contributed by atoms with Crippen molar-refractivity contribution in [2.24, 2.45) is 23.7 Å². The number of carbonyl (C=O) groups excluding carboxylic acids is 2. The number of likely N-dealkylation sites (tertiary alicyclic amines) is 1. The van der Waals surface area contributed by atoms with Gasteiger partial charge in [-0.25, -0.2) is 0 Å². The average molecular weight is 318 g/mol. The molecule has 1 amide bonds. The number of aromatic nitrogens is 3. The summed E-state index contributed by atoms with van der Waals surface area (Å²) in [5, 5.41) is 10.3. The smallest absolute Gasteiger partial charge is 0.309 e. The fraction of sp³-hybridized carbons (Fsp3) is 0.625. The van der Waals surface area contributed by atoms with Crippen LogP contribution in [0.2, 0.25) is 0 Å². The molecule has 1 aromatic rings. The van der Waals surface area contributed by atoms with E-state index in [1.54, 1.807) is 11.8 Å². The molecule has 1 fully saturated rings. The second-order valence-corrected chi connectivity index (χ2v) is 6.32. The number of carbonyl (C=O) groups is 2. The molecule has 1 N–H and O–H groups in total. The minimum absolute atomic E-state index is 0.102. The summed E-state index contributed by atoms with van der Waals surface area (Å²) in [4.78, 5) is 26.7. The lowest BCUT2D eigenvalue weighted by Crippen LogP contribution is -2.37. The van der Waals surface area contributed by atoms with Crippen LogP contribution in [0.25, 0.3) is 0 Å². The highest BCUT2D eigenvalue weighted by Gasteiger charge is 2.46. The fourth-order valence-corrected chi connectivity index (χ4v) is 3.70. The molecule has 23 heavy (non-hydrogen) atoms. The summed E-state index contributed by atoms with van der Waals surface area (Å²) in [5.41, 5.74) is 0.948. The Morgan fingerprint density at radius 3 is 2.78 bits per heavy atom. The lowest BCUT2D eigenvalue weighted by Gasteiger charge is -2.31. The molecule has 1 aromatic heterocycles. The van der Waals surface area contributed by atoms with Crippen LogP contribution in [-0.2, 0) is 9.53 Å². The Morgan fingerprint density at radius 2 is 2.13 bits per heavy atom. The third-order valence-corrected chi connectivity index (χ3v) is 4.87. The van der Waals surface area contributed by atoms with Crippen molar-refractivity contribution in [1.29, 1.82) is 0 Å². The molecule has 1 aliphatic heterocycles. The standard InChI is InChI=1S/C16H22N4O3/c1-4-23-16(22)13-9(2)5-6-11-7-20(8-12(11)13)15(21)14-10(3)17-19-18-14/h5-6,9,11-13H,4,7-8H2,1-3H3,(H,17,18,19)/t9-,11-,12-,13-/m0/s1. The van der Waals surface area contributed by atoms with Crippen LogP contribution in [0.15, 0.2) is 12.2 Å². The topological polar surface area (TPSA) is 88.2 Å². The number of rotatable bonds is 3. The molecule has 0 saturated carbocycles. The molecular weight excluding hydrogens is 296 g/mol. The first-order valence-corrected chi connectivity index (χ1v) is 8.04. The van der Waals surface area contributed by atoms with Crippen molar-refractivity contribution in [3.05, 3.63) is 23.5 Å².